The zero-order valence-corrected chi connectivity index (χ0v) is 13.3. The molecular weight excluding hydrogens is 304 g/mol. The topological polar surface area (TPSA) is 71.2 Å². The standard InChI is InChI=1S/C19H18N2O3/c1-2-11-24-17-10-6-5-9-16(17)21-19(23)14-12-18(22)20-15-8-4-3-7-13(14)15/h3-10,12H,2,11H2,1H3,(H,20,22)(H,21,23). The minimum absolute atomic E-state index is 0.311. The molecule has 1 aromatic heterocycles. The van der Waals surface area contributed by atoms with Crippen LogP contribution in [-0.4, -0.2) is 17.5 Å². The average molecular weight is 322 g/mol. The van der Waals surface area contributed by atoms with Crippen LogP contribution in [0.4, 0.5) is 5.69 Å². The summed E-state index contributed by atoms with van der Waals surface area (Å²) in [4.78, 5) is 27.2. The molecule has 0 radical (unpaired) electrons. The number of hydrogen-bond acceptors (Lipinski definition) is 3. The maximum atomic E-state index is 12.7. The average Bonchev–Trinajstić information content (AvgIpc) is 2.60. The number of amides is 1. The van der Waals surface area contributed by atoms with E-state index in [0.717, 1.165) is 6.42 Å². The Morgan fingerprint density at radius 2 is 1.88 bits per heavy atom. The maximum absolute atomic E-state index is 12.7. The number of rotatable bonds is 5. The third-order valence-corrected chi connectivity index (χ3v) is 3.59. The number of aromatic nitrogens is 1. The van der Waals surface area contributed by atoms with Crippen LogP contribution in [0.2, 0.25) is 0 Å². The predicted molar refractivity (Wildman–Crippen MR) is 94.7 cm³/mol. The molecule has 3 rings (SSSR count). The van der Waals surface area contributed by atoms with Gasteiger partial charge in [-0.3, -0.25) is 9.59 Å². The normalized spacial score (nSPS) is 10.5. The zero-order valence-electron chi connectivity index (χ0n) is 13.3. The molecule has 1 amide bonds. The first-order valence-electron chi connectivity index (χ1n) is 7.84. The van der Waals surface area contributed by atoms with Crippen LogP contribution >= 0.6 is 0 Å². The van der Waals surface area contributed by atoms with E-state index in [4.69, 9.17) is 4.74 Å². The molecule has 0 atom stereocenters. The number of aromatic amines is 1. The number of hydrogen-bond donors (Lipinski definition) is 2. The SMILES string of the molecule is CCCOc1ccccc1NC(=O)c1cc(=O)[nH]c2ccccc12. The number of anilines is 1. The third kappa shape index (κ3) is 3.30. The number of para-hydroxylation sites is 3. The lowest BCUT2D eigenvalue weighted by atomic mass is 10.1. The van der Waals surface area contributed by atoms with Crippen molar-refractivity contribution in [2.24, 2.45) is 0 Å². The summed E-state index contributed by atoms with van der Waals surface area (Å²) >= 11 is 0. The highest BCUT2D eigenvalue weighted by atomic mass is 16.5. The molecule has 3 aromatic rings. The first-order chi connectivity index (χ1) is 11.7. The summed E-state index contributed by atoms with van der Waals surface area (Å²) in [5, 5.41) is 3.53. The summed E-state index contributed by atoms with van der Waals surface area (Å²) in [6, 6.07) is 15.8. The van der Waals surface area contributed by atoms with Crippen LogP contribution in [0.25, 0.3) is 10.9 Å². The summed E-state index contributed by atoms with van der Waals surface area (Å²) in [6.07, 6.45) is 0.876. The fourth-order valence-corrected chi connectivity index (χ4v) is 2.49. The smallest absolute Gasteiger partial charge is 0.256 e. The van der Waals surface area contributed by atoms with Crippen molar-refractivity contribution in [1.82, 2.24) is 4.98 Å². The largest absolute Gasteiger partial charge is 0.491 e. The van der Waals surface area contributed by atoms with Gasteiger partial charge in [0, 0.05) is 17.0 Å². The first-order valence-corrected chi connectivity index (χ1v) is 7.84. The van der Waals surface area contributed by atoms with E-state index < -0.39 is 0 Å². The second kappa shape index (κ2) is 7.00. The molecule has 0 saturated heterocycles. The van der Waals surface area contributed by atoms with E-state index in [2.05, 4.69) is 10.3 Å². The van der Waals surface area contributed by atoms with Gasteiger partial charge in [-0.2, -0.15) is 0 Å². The summed E-state index contributed by atoms with van der Waals surface area (Å²) in [6.45, 7) is 2.59. The molecule has 1 heterocycles. The number of carbonyl (C=O) groups is 1. The van der Waals surface area contributed by atoms with Gasteiger partial charge in [0.1, 0.15) is 5.75 Å². The number of ether oxygens (including phenoxy) is 1. The Kier molecular flexibility index (Phi) is 4.61. The van der Waals surface area contributed by atoms with Gasteiger partial charge >= 0.3 is 0 Å². The molecule has 0 aliphatic heterocycles. The van der Waals surface area contributed by atoms with Gasteiger partial charge in [-0.1, -0.05) is 37.3 Å². The molecule has 5 heteroatoms. The Morgan fingerprint density at radius 3 is 2.71 bits per heavy atom. The van der Waals surface area contributed by atoms with E-state index >= 15 is 0 Å². The lowest BCUT2D eigenvalue weighted by molar-refractivity contribution is 0.102. The van der Waals surface area contributed by atoms with Crippen LogP contribution in [0.3, 0.4) is 0 Å². The van der Waals surface area contributed by atoms with E-state index in [0.29, 0.717) is 34.5 Å². The van der Waals surface area contributed by atoms with Crippen molar-refractivity contribution in [2.75, 3.05) is 11.9 Å². The Bertz CT molecular complexity index is 931. The van der Waals surface area contributed by atoms with Crippen molar-refractivity contribution < 1.29 is 9.53 Å². The van der Waals surface area contributed by atoms with E-state index in [9.17, 15) is 9.59 Å². The van der Waals surface area contributed by atoms with Crippen LogP contribution < -0.4 is 15.6 Å². The molecule has 0 aliphatic carbocycles. The molecule has 122 valence electrons. The first kappa shape index (κ1) is 15.8. The van der Waals surface area contributed by atoms with Crippen LogP contribution in [-0.2, 0) is 0 Å². The molecule has 5 nitrogen and oxygen atoms in total. The lowest BCUT2D eigenvalue weighted by Crippen LogP contribution is -2.17. The number of H-pyrrole nitrogens is 1. The van der Waals surface area contributed by atoms with Crippen molar-refractivity contribution in [3.8, 4) is 5.75 Å². The van der Waals surface area contributed by atoms with Gasteiger partial charge in [-0.25, -0.2) is 0 Å². The van der Waals surface area contributed by atoms with Crippen LogP contribution in [0.5, 0.6) is 5.75 Å². The number of fused-ring (bicyclic) bond motifs is 1. The lowest BCUT2D eigenvalue weighted by Gasteiger charge is -2.12. The van der Waals surface area contributed by atoms with Crippen molar-refractivity contribution in [1.29, 1.82) is 0 Å². The molecule has 0 fully saturated rings. The fourth-order valence-electron chi connectivity index (χ4n) is 2.49. The Balaban J connectivity index is 1.95. The Morgan fingerprint density at radius 1 is 1.12 bits per heavy atom. The quantitative estimate of drug-likeness (QED) is 0.754. The second-order valence-electron chi connectivity index (χ2n) is 5.39. The second-order valence-corrected chi connectivity index (χ2v) is 5.39. The number of nitrogens with one attached hydrogen (secondary N) is 2. The van der Waals surface area contributed by atoms with E-state index in [1.165, 1.54) is 6.07 Å². The predicted octanol–water partition coefficient (Wildman–Crippen LogP) is 3.57. The van der Waals surface area contributed by atoms with Crippen LogP contribution in [0.1, 0.15) is 23.7 Å². The highest BCUT2D eigenvalue weighted by Gasteiger charge is 2.13. The molecule has 2 aromatic carbocycles. The highest BCUT2D eigenvalue weighted by Crippen LogP contribution is 2.25. The van der Waals surface area contributed by atoms with Gasteiger partial charge in [0.2, 0.25) is 5.56 Å². The molecule has 24 heavy (non-hydrogen) atoms. The number of carbonyl (C=O) groups excluding carboxylic acids is 1. The van der Waals surface area contributed by atoms with Gasteiger partial charge in [0.15, 0.2) is 0 Å². The molecular formula is C19H18N2O3. The Labute approximate surface area is 139 Å². The minimum atomic E-state index is -0.343. The van der Waals surface area contributed by atoms with Gasteiger partial charge in [0.05, 0.1) is 17.9 Å². The van der Waals surface area contributed by atoms with Crippen molar-refractivity contribution >= 4 is 22.5 Å². The molecule has 0 aliphatic rings. The van der Waals surface area contributed by atoms with Crippen molar-refractivity contribution in [2.45, 2.75) is 13.3 Å². The zero-order chi connectivity index (χ0) is 16.9. The highest BCUT2D eigenvalue weighted by molar-refractivity contribution is 6.12. The summed E-state index contributed by atoms with van der Waals surface area (Å²) in [5.41, 5.74) is 1.24. The molecule has 0 unspecified atom stereocenters. The Hall–Kier alpha value is -3.08. The molecule has 0 saturated carbocycles. The van der Waals surface area contributed by atoms with Gasteiger partial charge in [0.25, 0.3) is 5.91 Å². The van der Waals surface area contributed by atoms with Crippen LogP contribution in [0.15, 0.2) is 59.4 Å². The monoisotopic (exact) mass is 322 g/mol. The van der Waals surface area contributed by atoms with Gasteiger partial charge < -0.3 is 15.0 Å². The third-order valence-electron chi connectivity index (χ3n) is 3.59. The van der Waals surface area contributed by atoms with Crippen molar-refractivity contribution in [3.05, 3.63) is 70.5 Å². The van der Waals surface area contributed by atoms with E-state index in [1.54, 1.807) is 24.3 Å². The summed E-state index contributed by atoms with van der Waals surface area (Å²) < 4.78 is 5.65. The molecule has 0 bridgehead atoms. The summed E-state index contributed by atoms with van der Waals surface area (Å²) in [5.74, 6) is 0.270. The number of pyridine rings is 1. The minimum Gasteiger partial charge on any atom is -0.491 e. The van der Waals surface area contributed by atoms with Crippen LogP contribution in [0, 0.1) is 0 Å². The maximum Gasteiger partial charge on any atom is 0.256 e. The number of benzene rings is 2. The van der Waals surface area contributed by atoms with Gasteiger partial charge in [-0.05, 0) is 24.6 Å². The van der Waals surface area contributed by atoms with Gasteiger partial charge in [-0.15, -0.1) is 0 Å². The van der Waals surface area contributed by atoms with E-state index in [1.807, 2.05) is 31.2 Å². The van der Waals surface area contributed by atoms with E-state index in [-0.39, 0.29) is 11.5 Å². The molecule has 2 N–H and O–H groups in total. The van der Waals surface area contributed by atoms with Crippen molar-refractivity contribution in [3.63, 3.8) is 0 Å². The summed E-state index contributed by atoms with van der Waals surface area (Å²) in [7, 11) is 0. The molecule has 0 spiro atoms. The fraction of sp³-hybridized carbons (Fsp3) is 0.158.